The Hall–Kier alpha value is -0.800. The molecule has 7 nitrogen and oxygen atoms in total. The van der Waals surface area contributed by atoms with Gasteiger partial charge >= 0.3 is 0 Å². The minimum atomic E-state index is -0.437. The van der Waals surface area contributed by atoms with E-state index in [1.54, 1.807) is 0 Å². The van der Waals surface area contributed by atoms with E-state index >= 15 is 0 Å². The Bertz CT molecular complexity index is 878. The summed E-state index contributed by atoms with van der Waals surface area (Å²) in [4.78, 5) is 0. The van der Waals surface area contributed by atoms with Gasteiger partial charge in [0.05, 0.1) is 13.2 Å². The number of allylic oxidation sites excluding steroid dienone is 2. The van der Waals surface area contributed by atoms with Crippen molar-refractivity contribution in [3.05, 3.63) is 24.3 Å². The number of rotatable bonds is 60. The molecule has 2 unspecified atom stereocenters. The molecular weight excluding hydrogens is 857 g/mol. The van der Waals surface area contributed by atoms with Gasteiger partial charge in [0.1, 0.15) is 0 Å². The first-order valence-corrected chi connectivity index (χ1v) is 30.8. The van der Waals surface area contributed by atoms with Gasteiger partial charge in [0.15, 0.2) is 25.2 Å². The normalized spacial score (nSPS) is 13.1. The van der Waals surface area contributed by atoms with Gasteiger partial charge in [0.25, 0.3) is 0 Å². The molecule has 2 atom stereocenters. The lowest BCUT2D eigenvalue weighted by molar-refractivity contribution is -0.208. The number of unbranched alkanes of at least 4 members (excludes halogenated alkanes) is 32. The molecular formula is C62H122O7. The predicted molar refractivity (Wildman–Crippen MR) is 298 cm³/mol. The summed E-state index contributed by atoms with van der Waals surface area (Å²) in [6, 6.07) is 0. The second kappa shape index (κ2) is 59.8. The van der Waals surface area contributed by atoms with Gasteiger partial charge < -0.3 is 33.2 Å². The van der Waals surface area contributed by atoms with Gasteiger partial charge in [-0.05, 0) is 102 Å². The van der Waals surface area contributed by atoms with Crippen molar-refractivity contribution in [1.82, 2.24) is 0 Å². The molecule has 0 saturated heterocycles. The quantitative estimate of drug-likeness (QED) is 0.0342. The van der Waals surface area contributed by atoms with E-state index in [2.05, 4.69) is 65.8 Å². The van der Waals surface area contributed by atoms with Crippen LogP contribution in [0.2, 0.25) is 0 Å². The van der Waals surface area contributed by atoms with Crippen molar-refractivity contribution in [2.45, 2.75) is 336 Å². The second-order valence-corrected chi connectivity index (χ2v) is 20.3. The molecule has 0 amide bonds. The fourth-order valence-electron chi connectivity index (χ4n) is 8.60. The van der Waals surface area contributed by atoms with E-state index in [9.17, 15) is 0 Å². The van der Waals surface area contributed by atoms with Crippen LogP contribution in [0.5, 0.6) is 0 Å². The van der Waals surface area contributed by atoms with Crippen LogP contribution in [0.15, 0.2) is 24.3 Å². The van der Waals surface area contributed by atoms with Gasteiger partial charge in [-0.1, -0.05) is 233 Å². The standard InChI is InChI=1S/C62H122O7/c1-7-13-19-25-35-45-53-63-59(64-54-46-36-26-20-14-8-2)49-39-29-31-41-51-61(67-57-43-33-23-17-11-5)69-62(68-58-44-34-24-18-12-6)52-42-32-30-40-50-60(65-55-47-37-27-21-15-9-3)66-56-48-38-28-22-16-10-4/h41-42,51-52,59-62H,7-40,43-50,53-58H2,1-6H3. The molecule has 0 aliphatic carbocycles. The number of hydrogen-bond donors (Lipinski definition) is 0. The third-order valence-corrected chi connectivity index (χ3v) is 13.2. The van der Waals surface area contributed by atoms with Gasteiger partial charge in [-0.25, -0.2) is 0 Å². The monoisotopic (exact) mass is 979 g/mol. The van der Waals surface area contributed by atoms with Crippen LogP contribution in [0.3, 0.4) is 0 Å². The molecule has 0 radical (unpaired) electrons. The minimum Gasteiger partial charge on any atom is -0.353 e. The van der Waals surface area contributed by atoms with Gasteiger partial charge in [0.2, 0.25) is 0 Å². The first kappa shape index (κ1) is 68.2. The average molecular weight is 980 g/mol. The van der Waals surface area contributed by atoms with Crippen molar-refractivity contribution in [3.63, 3.8) is 0 Å². The third kappa shape index (κ3) is 53.3. The van der Waals surface area contributed by atoms with Gasteiger partial charge in [-0.15, -0.1) is 0 Å². The maximum absolute atomic E-state index is 6.64. The highest BCUT2D eigenvalue weighted by Gasteiger charge is 2.15. The molecule has 0 aromatic rings. The Morgan fingerprint density at radius 1 is 0.246 bits per heavy atom. The maximum Gasteiger partial charge on any atom is 0.180 e. The zero-order valence-corrected chi connectivity index (χ0v) is 47.4. The molecule has 0 fully saturated rings. The second-order valence-electron chi connectivity index (χ2n) is 20.3. The lowest BCUT2D eigenvalue weighted by Crippen LogP contribution is -2.25. The molecule has 0 saturated carbocycles. The van der Waals surface area contributed by atoms with Crippen molar-refractivity contribution in [2.75, 3.05) is 39.6 Å². The van der Waals surface area contributed by atoms with Crippen LogP contribution < -0.4 is 0 Å². The lowest BCUT2D eigenvalue weighted by atomic mass is 10.1. The first-order valence-electron chi connectivity index (χ1n) is 30.8. The van der Waals surface area contributed by atoms with Crippen LogP contribution in [-0.4, -0.2) is 64.8 Å². The largest absolute Gasteiger partial charge is 0.353 e. The van der Waals surface area contributed by atoms with E-state index < -0.39 is 12.6 Å². The molecule has 0 aliphatic rings. The zero-order chi connectivity index (χ0) is 50.0. The Labute approximate surface area is 431 Å². The summed E-state index contributed by atoms with van der Waals surface area (Å²) < 4.78 is 44.9. The fraction of sp³-hybridized carbons (Fsp3) is 0.935. The summed E-state index contributed by atoms with van der Waals surface area (Å²) in [6.07, 6.45) is 58.7. The molecule has 0 spiro atoms. The molecule has 0 rings (SSSR count). The summed E-state index contributed by atoms with van der Waals surface area (Å²) >= 11 is 0. The van der Waals surface area contributed by atoms with Gasteiger partial charge in [-0.3, -0.25) is 0 Å². The molecule has 0 aromatic heterocycles. The van der Waals surface area contributed by atoms with E-state index in [0.717, 1.165) is 116 Å². The fourth-order valence-corrected chi connectivity index (χ4v) is 8.60. The van der Waals surface area contributed by atoms with Crippen molar-refractivity contribution < 1.29 is 33.2 Å². The summed E-state index contributed by atoms with van der Waals surface area (Å²) in [6.45, 7) is 18.3. The highest BCUT2D eigenvalue weighted by Crippen LogP contribution is 2.17. The van der Waals surface area contributed by atoms with Crippen molar-refractivity contribution in [1.29, 1.82) is 0 Å². The number of ether oxygens (including phenoxy) is 7. The smallest absolute Gasteiger partial charge is 0.180 e. The first-order chi connectivity index (χ1) is 34.1. The van der Waals surface area contributed by atoms with Gasteiger partial charge in [-0.2, -0.15) is 0 Å². The van der Waals surface area contributed by atoms with E-state index in [0.29, 0.717) is 13.2 Å². The lowest BCUT2D eigenvalue weighted by Gasteiger charge is -2.22. The van der Waals surface area contributed by atoms with Crippen LogP contribution in [0.4, 0.5) is 0 Å². The van der Waals surface area contributed by atoms with Crippen LogP contribution in [-0.2, 0) is 33.2 Å². The molecule has 0 bridgehead atoms. The average Bonchev–Trinajstić information content (AvgIpc) is 3.35. The summed E-state index contributed by atoms with van der Waals surface area (Å²) in [5, 5.41) is 0. The Kier molecular flexibility index (Phi) is 59.1. The molecule has 69 heavy (non-hydrogen) atoms. The van der Waals surface area contributed by atoms with Crippen LogP contribution >= 0.6 is 0 Å². The topological polar surface area (TPSA) is 64.6 Å². The highest BCUT2D eigenvalue weighted by molar-refractivity contribution is 4.90. The molecule has 412 valence electrons. The van der Waals surface area contributed by atoms with Crippen LogP contribution in [0.25, 0.3) is 0 Å². The Balaban J connectivity index is 5.43. The maximum atomic E-state index is 6.64. The number of hydrogen-bond acceptors (Lipinski definition) is 7. The Morgan fingerprint density at radius 2 is 0.478 bits per heavy atom. The van der Waals surface area contributed by atoms with E-state index in [1.807, 2.05) is 0 Å². The summed E-state index contributed by atoms with van der Waals surface area (Å²) in [5.74, 6) is 0. The van der Waals surface area contributed by atoms with Gasteiger partial charge in [0, 0.05) is 26.4 Å². The zero-order valence-electron chi connectivity index (χ0n) is 47.4. The molecule has 0 N–H and O–H groups in total. The summed E-state index contributed by atoms with van der Waals surface area (Å²) in [7, 11) is 0. The third-order valence-electron chi connectivity index (χ3n) is 13.2. The van der Waals surface area contributed by atoms with Crippen molar-refractivity contribution in [3.8, 4) is 0 Å². The van der Waals surface area contributed by atoms with E-state index in [4.69, 9.17) is 33.2 Å². The van der Waals surface area contributed by atoms with Crippen molar-refractivity contribution >= 4 is 0 Å². The summed E-state index contributed by atoms with van der Waals surface area (Å²) in [5.41, 5.74) is 0. The van der Waals surface area contributed by atoms with E-state index in [-0.39, 0.29) is 12.6 Å². The van der Waals surface area contributed by atoms with E-state index in [1.165, 1.54) is 180 Å². The molecule has 7 heteroatoms. The van der Waals surface area contributed by atoms with Crippen molar-refractivity contribution in [2.24, 2.45) is 0 Å². The Morgan fingerprint density at radius 3 is 0.739 bits per heavy atom. The SMILES string of the molecule is CCCCCCCCOC(CCCCC=CC(OCCCCCCC)OC(C=CCCCCC(OCCCCCCCC)OCCCCCCCC)OCCCCCCC)OCCCCCCCC. The molecule has 0 aliphatic heterocycles. The molecule has 0 heterocycles. The highest BCUT2D eigenvalue weighted by atomic mass is 16.8. The predicted octanol–water partition coefficient (Wildman–Crippen LogP) is 20.0. The molecule has 0 aromatic carbocycles. The van der Waals surface area contributed by atoms with Crippen LogP contribution in [0, 0.1) is 0 Å². The van der Waals surface area contributed by atoms with Crippen LogP contribution in [0.1, 0.15) is 311 Å². The minimum absolute atomic E-state index is 0.0908.